The number of hydrogen-bond acceptors (Lipinski definition) is 2. The van der Waals surface area contributed by atoms with E-state index in [1.54, 1.807) is 0 Å². The number of nitrogens with one attached hydrogen (secondary N) is 2. The number of piperazine rings is 1. The first-order chi connectivity index (χ1) is 7.12. The van der Waals surface area contributed by atoms with Gasteiger partial charge in [-0.3, -0.25) is 0 Å². The van der Waals surface area contributed by atoms with Gasteiger partial charge in [0.1, 0.15) is 0 Å². The third-order valence-corrected chi connectivity index (χ3v) is 3.59. The predicted molar refractivity (Wildman–Crippen MR) is 64.7 cm³/mol. The Labute approximate surface area is 100.0 Å². The molecule has 1 aliphatic rings. The van der Waals surface area contributed by atoms with Crippen LogP contribution < -0.4 is 10.6 Å². The highest BCUT2D eigenvalue weighted by Gasteiger charge is 2.28. The highest BCUT2D eigenvalue weighted by Crippen LogP contribution is 2.28. The molecule has 1 atom stereocenters. The van der Waals surface area contributed by atoms with E-state index in [0.29, 0.717) is 10.0 Å². The standard InChI is InChI=1S/C11H14Cl2N2/c1-11(7-14-4-5-15-11)8-2-3-9(12)10(13)6-8/h2-3,6,14-15H,4-5,7H2,1H3. The van der Waals surface area contributed by atoms with E-state index in [2.05, 4.69) is 17.6 Å². The number of halogens is 2. The van der Waals surface area contributed by atoms with Gasteiger partial charge in [0.25, 0.3) is 0 Å². The SMILES string of the molecule is CC1(c2ccc(Cl)c(Cl)c2)CNCCN1. The Morgan fingerprint density at radius 2 is 2.00 bits per heavy atom. The fourth-order valence-corrected chi connectivity index (χ4v) is 2.17. The van der Waals surface area contributed by atoms with Crippen LogP contribution in [0, 0.1) is 0 Å². The van der Waals surface area contributed by atoms with Gasteiger partial charge in [0, 0.05) is 19.6 Å². The van der Waals surface area contributed by atoms with E-state index in [1.807, 2.05) is 18.2 Å². The average Bonchev–Trinajstić information content (AvgIpc) is 2.23. The summed E-state index contributed by atoms with van der Waals surface area (Å²) in [5.41, 5.74) is 1.12. The van der Waals surface area contributed by atoms with E-state index >= 15 is 0 Å². The maximum absolute atomic E-state index is 6.01. The Hall–Kier alpha value is -0.280. The topological polar surface area (TPSA) is 24.1 Å². The monoisotopic (exact) mass is 244 g/mol. The average molecular weight is 245 g/mol. The van der Waals surface area contributed by atoms with Crippen molar-refractivity contribution in [3.63, 3.8) is 0 Å². The molecule has 82 valence electrons. The van der Waals surface area contributed by atoms with E-state index in [0.717, 1.165) is 19.6 Å². The summed E-state index contributed by atoms with van der Waals surface area (Å²) in [6.45, 7) is 5.05. The minimum absolute atomic E-state index is 0.0491. The molecule has 1 saturated heterocycles. The zero-order valence-corrected chi connectivity index (χ0v) is 10.1. The summed E-state index contributed by atoms with van der Waals surface area (Å²) in [6.07, 6.45) is 0. The molecule has 0 amide bonds. The molecule has 1 aliphatic heterocycles. The summed E-state index contributed by atoms with van der Waals surface area (Å²) in [5, 5.41) is 8.08. The molecule has 2 N–H and O–H groups in total. The molecule has 4 heteroatoms. The zero-order valence-electron chi connectivity index (χ0n) is 8.61. The molecule has 0 saturated carbocycles. The van der Waals surface area contributed by atoms with Crippen molar-refractivity contribution < 1.29 is 0 Å². The van der Waals surface area contributed by atoms with Crippen molar-refractivity contribution in [2.24, 2.45) is 0 Å². The molecule has 15 heavy (non-hydrogen) atoms. The van der Waals surface area contributed by atoms with Gasteiger partial charge in [0.05, 0.1) is 15.6 Å². The lowest BCUT2D eigenvalue weighted by molar-refractivity contribution is 0.303. The van der Waals surface area contributed by atoms with E-state index < -0.39 is 0 Å². The van der Waals surface area contributed by atoms with Gasteiger partial charge in [-0.1, -0.05) is 29.3 Å². The van der Waals surface area contributed by atoms with Crippen LogP contribution in [0.15, 0.2) is 18.2 Å². The zero-order chi connectivity index (χ0) is 10.9. The molecule has 0 radical (unpaired) electrons. The molecular weight excluding hydrogens is 231 g/mol. The molecular formula is C11H14Cl2N2. The number of benzene rings is 1. The van der Waals surface area contributed by atoms with Crippen LogP contribution in [-0.4, -0.2) is 19.6 Å². The van der Waals surface area contributed by atoms with Crippen molar-refractivity contribution in [3.8, 4) is 0 Å². The Morgan fingerprint density at radius 1 is 1.20 bits per heavy atom. The van der Waals surface area contributed by atoms with Crippen LogP contribution >= 0.6 is 23.2 Å². The largest absolute Gasteiger partial charge is 0.313 e. The molecule has 1 fully saturated rings. The van der Waals surface area contributed by atoms with Gasteiger partial charge in [-0.2, -0.15) is 0 Å². The van der Waals surface area contributed by atoms with E-state index in [9.17, 15) is 0 Å². The molecule has 0 spiro atoms. The van der Waals surface area contributed by atoms with Crippen molar-refractivity contribution in [1.29, 1.82) is 0 Å². The highest BCUT2D eigenvalue weighted by atomic mass is 35.5. The van der Waals surface area contributed by atoms with Crippen molar-refractivity contribution >= 4 is 23.2 Å². The third kappa shape index (κ3) is 2.28. The molecule has 1 unspecified atom stereocenters. The Kier molecular flexibility index (Phi) is 3.21. The molecule has 0 bridgehead atoms. The summed E-state index contributed by atoms with van der Waals surface area (Å²) in [4.78, 5) is 0. The van der Waals surface area contributed by atoms with Gasteiger partial charge in [-0.15, -0.1) is 0 Å². The van der Waals surface area contributed by atoms with Crippen LogP contribution in [0.4, 0.5) is 0 Å². The Morgan fingerprint density at radius 3 is 2.60 bits per heavy atom. The van der Waals surface area contributed by atoms with Crippen LogP contribution in [0.3, 0.4) is 0 Å². The van der Waals surface area contributed by atoms with Crippen LogP contribution in [0.2, 0.25) is 10.0 Å². The van der Waals surface area contributed by atoms with Crippen molar-refractivity contribution in [2.75, 3.05) is 19.6 Å². The summed E-state index contributed by atoms with van der Waals surface area (Å²) < 4.78 is 0. The minimum Gasteiger partial charge on any atom is -0.313 e. The van der Waals surface area contributed by atoms with Crippen LogP contribution in [0.1, 0.15) is 12.5 Å². The third-order valence-electron chi connectivity index (χ3n) is 2.85. The van der Waals surface area contributed by atoms with Crippen molar-refractivity contribution in [3.05, 3.63) is 33.8 Å². The number of rotatable bonds is 1. The molecule has 2 nitrogen and oxygen atoms in total. The molecule has 1 aromatic rings. The minimum atomic E-state index is -0.0491. The highest BCUT2D eigenvalue weighted by molar-refractivity contribution is 6.42. The van der Waals surface area contributed by atoms with Gasteiger partial charge in [-0.05, 0) is 24.6 Å². The lowest BCUT2D eigenvalue weighted by atomic mass is 9.90. The Balaban J connectivity index is 2.31. The lowest BCUT2D eigenvalue weighted by Crippen LogP contribution is -2.54. The fourth-order valence-electron chi connectivity index (χ4n) is 1.87. The first kappa shape index (κ1) is 11.2. The van der Waals surface area contributed by atoms with E-state index in [4.69, 9.17) is 23.2 Å². The second-order valence-corrected chi connectivity index (χ2v) is 4.88. The first-order valence-electron chi connectivity index (χ1n) is 5.03. The summed E-state index contributed by atoms with van der Waals surface area (Å²) in [5.74, 6) is 0. The molecule has 1 aromatic carbocycles. The first-order valence-corrected chi connectivity index (χ1v) is 5.79. The normalized spacial score (nSPS) is 26.6. The maximum atomic E-state index is 6.01. The van der Waals surface area contributed by atoms with Crippen molar-refractivity contribution in [1.82, 2.24) is 10.6 Å². The van der Waals surface area contributed by atoms with Gasteiger partial charge >= 0.3 is 0 Å². The molecule has 1 heterocycles. The summed E-state index contributed by atoms with van der Waals surface area (Å²) in [6, 6.07) is 5.80. The van der Waals surface area contributed by atoms with E-state index in [1.165, 1.54) is 5.56 Å². The predicted octanol–water partition coefficient (Wildman–Crippen LogP) is 2.40. The smallest absolute Gasteiger partial charge is 0.0595 e. The van der Waals surface area contributed by atoms with Crippen molar-refractivity contribution in [2.45, 2.75) is 12.5 Å². The van der Waals surface area contributed by atoms with Crippen LogP contribution in [0.25, 0.3) is 0 Å². The van der Waals surface area contributed by atoms with Gasteiger partial charge in [0.2, 0.25) is 0 Å². The summed E-state index contributed by atoms with van der Waals surface area (Å²) in [7, 11) is 0. The van der Waals surface area contributed by atoms with E-state index in [-0.39, 0.29) is 5.54 Å². The maximum Gasteiger partial charge on any atom is 0.0595 e. The van der Waals surface area contributed by atoms with Crippen LogP contribution in [-0.2, 0) is 5.54 Å². The van der Waals surface area contributed by atoms with Gasteiger partial charge in [-0.25, -0.2) is 0 Å². The second-order valence-electron chi connectivity index (χ2n) is 4.06. The quantitative estimate of drug-likeness (QED) is 0.793. The lowest BCUT2D eigenvalue weighted by Gasteiger charge is -2.36. The fraction of sp³-hybridized carbons (Fsp3) is 0.455. The van der Waals surface area contributed by atoms with Crippen LogP contribution in [0.5, 0.6) is 0 Å². The molecule has 0 aliphatic carbocycles. The Bertz CT molecular complexity index is 360. The molecule has 2 rings (SSSR count). The van der Waals surface area contributed by atoms with Gasteiger partial charge in [0.15, 0.2) is 0 Å². The summed E-state index contributed by atoms with van der Waals surface area (Å²) >= 11 is 11.9. The second kappa shape index (κ2) is 4.30. The van der Waals surface area contributed by atoms with Gasteiger partial charge < -0.3 is 10.6 Å². The number of hydrogen-bond donors (Lipinski definition) is 2. The molecule has 0 aromatic heterocycles.